The lowest BCUT2D eigenvalue weighted by atomic mass is 10.2. The molecule has 2 aromatic rings. The fourth-order valence-corrected chi connectivity index (χ4v) is 2.25. The predicted molar refractivity (Wildman–Crippen MR) is 100 cm³/mol. The molecular formula is C20H25NO5. The van der Waals surface area contributed by atoms with Gasteiger partial charge in [-0.1, -0.05) is 30.3 Å². The molecule has 0 fully saturated rings. The second kappa shape index (κ2) is 8.47. The van der Waals surface area contributed by atoms with Gasteiger partial charge in [-0.05, 0) is 26.3 Å². The van der Waals surface area contributed by atoms with E-state index < -0.39 is 11.7 Å². The number of amides is 1. The van der Waals surface area contributed by atoms with Crippen LogP contribution in [-0.4, -0.2) is 25.9 Å². The smallest absolute Gasteiger partial charge is 0.412 e. The lowest BCUT2D eigenvalue weighted by Gasteiger charge is -2.20. The summed E-state index contributed by atoms with van der Waals surface area (Å²) in [6.45, 7) is 5.77. The van der Waals surface area contributed by atoms with Crippen molar-refractivity contribution in [3.05, 3.63) is 48.0 Å². The largest absolute Gasteiger partial charge is 0.493 e. The lowest BCUT2D eigenvalue weighted by Crippen LogP contribution is -2.27. The molecule has 26 heavy (non-hydrogen) atoms. The van der Waals surface area contributed by atoms with Gasteiger partial charge in [-0.3, -0.25) is 5.32 Å². The summed E-state index contributed by atoms with van der Waals surface area (Å²) in [7, 11) is 3.06. The zero-order valence-corrected chi connectivity index (χ0v) is 15.8. The van der Waals surface area contributed by atoms with Crippen LogP contribution >= 0.6 is 0 Å². The molecule has 1 amide bonds. The van der Waals surface area contributed by atoms with Crippen LogP contribution in [0, 0.1) is 0 Å². The number of rotatable bonds is 6. The maximum atomic E-state index is 12.0. The van der Waals surface area contributed by atoms with Crippen molar-refractivity contribution in [2.75, 3.05) is 19.5 Å². The lowest BCUT2D eigenvalue weighted by molar-refractivity contribution is 0.0636. The van der Waals surface area contributed by atoms with Crippen molar-refractivity contribution < 1.29 is 23.7 Å². The summed E-state index contributed by atoms with van der Waals surface area (Å²) in [6.07, 6.45) is -0.556. The van der Waals surface area contributed by atoms with Crippen molar-refractivity contribution in [1.29, 1.82) is 0 Å². The Morgan fingerprint density at radius 3 is 2.08 bits per heavy atom. The van der Waals surface area contributed by atoms with Gasteiger partial charge in [0.15, 0.2) is 11.5 Å². The fourth-order valence-electron chi connectivity index (χ4n) is 2.25. The first kappa shape index (κ1) is 19.4. The second-order valence-corrected chi connectivity index (χ2v) is 6.61. The van der Waals surface area contributed by atoms with E-state index in [2.05, 4.69) is 5.32 Å². The van der Waals surface area contributed by atoms with Crippen LogP contribution in [0.5, 0.6) is 17.2 Å². The minimum absolute atomic E-state index is 0.367. The molecule has 1 N–H and O–H groups in total. The topological polar surface area (TPSA) is 66.0 Å². The average molecular weight is 359 g/mol. The van der Waals surface area contributed by atoms with Crippen LogP contribution in [-0.2, 0) is 11.3 Å². The number of hydrogen-bond donors (Lipinski definition) is 1. The number of anilines is 1. The van der Waals surface area contributed by atoms with Gasteiger partial charge in [0.25, 0.3) is 0 Å². The van der Waals surface area contributed by atoms with Crippen LogP contribution in [0.25, 0.3) is 0 Å². The normalized spacial score (nSPS) is 10.8. The number of ether oxygens (including phenoxy) is 4. The second-order valence-electron chi connectivity index (χ2n) is 6.61. The number of benzene rings is 2. The van der Waals surface area contributed by atoms with Crippen LogP contribution in [0.4, 0.5) is 10.5 Å². The van der Waals surface area contributed by atoms with Crippen LogP contribution in [0.2, 0.25) is 0 Å². The molecule has 0 aliphatic heterocycles. The van der Waals surface area contributed by atoms with E-state index in [4.69, 9.17) is 18.9 Å². The molecule has 2 aromatic carbocycles. The number of nitrogens with one attached hydrogen (secondary N) is 1. The molecular weight excluding hydrogens is 334 g/mol. The Morgan fingerprint density at radius 1 is 1.00 bits per heavy atom. The molecule has 140 valence electrons. The average Bonchev–Trinajstić information content (AvgIpc) is 2.58. The molecule has 6 heteroatoms. The zero-order valence-electron chi connectivity index (χ0n) is 15.8. The Hall–Kier alpha value is -2.89. The van der Waals surface area contributed by atoms with E-state index in [1.165, 1.54) is 14.2 Å². The van der Waals surface area contributed by atoms with Gasteiger partial charge in [0.1, 0.15) is 12.2 Å². The zero-order chi connectivity index (χ0) is 19.2. The Balaban J connectivity index is 2.20. The first-order valence-electron chi connectivity index (χ1n) is 8.25. The SMILES string of the molecule is COc1cc(NC(=O)OC(C)(C)C)cc(OC)c1OCc1ccccc1. The standard InChI is InChI=1S/C20H25NO5/c1-20(2,3)26-19(22)21-15-11-16(23-4)18(17(12-15)24-5)25-13-14-9-7-6-8-10-14/h6-12H,13H2,1-5H3,(H,21,22). The first-order valence-corrected chi connectivity index (χ1v) is 8.25. The Kier molecular flexibility index (Phi) is 6.33. The van der Waals surface area contributed by atoms with Crippen LogP contribution in [0.3, 0.4) is 0 Å². The highest BCUT2D eigenvalue weighted by atomic mass is 16.6. The van der Waals surface area contributed by atoms with Crippen molar-refractivity contribution in [2.24, 2.45) is 0 Å². The number of carbonyl (C=O) groups is 1. The van der Waals surface area contributed by atoms with Gasteiger partial charge in [0.05, 0.1) is 19.9 Å². The molecule has 2 rings (SSSR count). The van der Waals surface area contributed by atoms with Gasteiger partial charge in [0.2, 0.25) is 5.75 Å². The Bertz CT molecular complexity index is 713. The minimum atomic E-state index is -0.586. The molecule has 0 bridgehead atoms. The molecule has 0 saturated heterocycles. The summed E-state index contributed by atoms with van der Waals surface area (Å²) >= 11 is 0. The predicted octanol–water partition coefficient (Wildman–Crippen LogP) is 4.63. The summed E-state index contributed by atoms with van der Waals surface area (Å²) in [6, 6.07) is 13.1. The summed E-state index contributed by atoms with van der Waals surface area (Å²) in [5, 5.41) is 2.67. The van der Waals surface area contributed by atoms with Gasteiger partial charge in [-0.2, -0.15) is 0 Å². The molecule has 0 saturated carbocycles. The van der Waals surface area contributed by atoms with Gasteiger partial charge in [-0.15, -0.1) is 0 Å². The molecule has 0 unspecified atom stereocenters. The Morgan fingerprint density at radius 2 is 1.58 bits per heavy atom. The molecule has 0 aromatic heterocycles. The minimum Gasteiger partial charge on any atom is -0.493 e. The molecule has 0 radical (unpaired) electrons. The highest BCUT2D eigenvalue weighted by molar-refractivity contribution is 5.86. The van der Waals surface area contributed by atoms with Crippen molar-refractivity contribution >= 4 is 11.8 Å². The van der Waals surface area contributed by atoms with Crippen molar-refractivity contribution in [3.63, 3.8) is 0 Å². The van der Waals surface area contributed by atoms with Crippen LogP contribution in [0.1, 0.15) is 26.3 Å². The highest BCUT2D eigenvalue weighted by Gasteiger charge is 2.19. The molecule has 0 aliphatic rings. The summed E-state index contributed by atoms with van der Waals surface area (Å²) in [5.74, 6) is 1.37. The quantitative estimate of drug-likeness (QED) is 0.814. The summed E-state index contributed by atoms with van der Waals surface area (Å²) in [4.78, 5) is 12.0. The van der Waals surface area contributed by atoms with E-state index in [0.717, 1.165) is 5.56 Å². The highest BCUT2D eigenvalue weighted by Crippen LogP contribution is 2.40. The Labute approximate surface area is 154 Å². The molecule has 6 nitrogen and oxygen atoms in total. The molecule has 0 heterocycles. The van der Waals surface area contributed by atoms with Crippen molar-refractivity contribution in [1.82, 2.24) is 0 Å². The van der Waals surface area contributed by atoms with Gasteiger partial charge < -0.3 is 18.9 Å². The van der Waals surface area contributed by atoms with Gasteiger partial charge >= 0.3 is 6.09 Å². The van der Waals surface area contributed by atoms with Crippen molar-refractivity contribution in [2.45, 2.75) is 33.0 Å². The van der Waals surface area contributed by atoms with Crippen LogP contribution < -0.4 is 19.5 Å². The monoisotopic (exact) mass is 359 g/mol. The van der Waals surface area contributed by atoms with E-state index in [9.17, 15) is 4.79 Å². The maximum Gasteiger partial charge on any atom is 0.412 e. The fraction of sp³-hybridized carbons (Fsp3) is 0.350. The van der Waals surface area contributed by atoms with E-state index in [-0.39, 0.29) is 0 Å². The van der Waals surface area contributed by atoms with Crippen molar-refractivity contribution in [3.8, 4) is 17.2 Å². The first-order chi connectivity index (χ1) is 12.3. The van der Waals surface area contributed by atoms with Gasteiger partial charge in [-0.25, -0.2) is 4.79 Å². The third-order valence-electron chi connectivity index (χ3n) is 3.33. The van der Waals surface area contributed by atoms with Gasteiger partial charge in [0, 0.05) is 12.1 Å². The third kappa shape index (κ3) is 5.58. The van der Waals surface area contributed by atoms with E-state index in [0.29, 0.717) is 29.5 Å². The number of hydrogen-bond acceptors (Lipinski definition) is 5. The van der Waals surface area contributed by atoms with E-state index >= 15 is 0 Å². The van der Waals surface area contributed by atoms with E-state index in [1.54, 1.807) is 32.9 Å². The molecule has 0 atom stereocenters. The molecule has 0 aliphatic carbocycles. The summed E-state index contributed by atoms with van der Waals surface area (Å²) < 4.78 is 21.9. The number of carbonyl (C=O) groups excluding carboxylic acids is 1. The maximum absolute atomic E-state index is 12.0. The van der Waals surface area contributed by atoms with Crippen LogP contribution in [0.15, 0.2) is 42.5 Å². The number of methoxy groups -OCH3 is 2. The summed E-state index contributed by atoms with van der Waals surface area (Å²) in [5.41, 5.74) is 0.921. The third-order valence-corrected chi connectivity index (χ3v) is 3.33. The molecule has 0 spiro atoms. The van der Waals surface area contributed by atoms with E-state index in [1.807, 2.05) is 30.3 Å².